The second-order valence-corrected chi connectivity index (χ2v) is 4.81. The van der Waals surface area contributed by atoms with Crippen LogP contribution in [0.2, 0.25) is 5.02 Å². The van der Waals surface area contributed by atoms with Crippen LogP contribution in [0, 0.1) is 6.92 Å². The van der Waals surface area contributed by atoms with Crippen LogP contribution in [0.5, 0.6) is 0 Å². The molecule has 3 aromatic rings. The molecule has 0 atom stereocenters. The van der Waals surface area contributed by atoms with Gasteiger partial charge in [-0.25, -0.2) is 9.97 Å². The maximum absolute atomic E-state index is 6.04. The number of aromatic nitrogens is 2. The van der Waals surface area contributed by atoms with Crippen LogP contribution in [0.15, 0.2) is 48.8 Å². The van der Waals surface area contributed by atoms with Gasteiger partial charge < -0.3 is 5.32 Å². The zero-order chi connectivity index (χ0) is 13.2. The van der Waals surface area contributed by atoms with Gasteiger partial charge in [-0.1, -0.05) is 23.7 Å². The Balaban J connectivity index is 2.07. The highest BCUT2D eigenvalue weighted by Gasteiger charge is 2.04. The molecule has 1 heterocycles. The normalized spacial score (nSPS) is 10.6. The summed E-state index contributed by atoms with van der Waals surface area (Å²) >= 11 is 6.04. The molecule has 0 bridgehead atoms. The Morgan fingerprint density at radius 3 is 2.79 bits per heavy atom. The molecule has 4 heteroatoms. The molecular formula is C15H12ClN3. The van der Waals surface area contributed by atoms with Gasteiger partial charge in [0.05, 0.1) is 5.52 Å². The van der Waals surface area contributed by atoms with E-state index in [-0.39, 0.29) is 0 Å². The van der Waals surface area contributed by atoms with Crippen molar-refractivity contribution in [1.29, 1.82) is 0 Å². The third-order valence-corrected chi connectivity index (χ3v) is 3.11. The number of hydrogen-bond acceptors (Lipinski definition) is 3. The Labute approximate surface area is 116 Å². The van der Waals surface area contributed by atoms with E-state index in [0.29, 0.717) is 5.02 Å². The van der Waals surface area contributed by atoms with Crippen LogP contribution in [0.25, 0.3) is 10.9 Å². The van der Waals surface area contributed by atoms with Crippen molar-refractivity contribution in [2.75, 3.05) is 5.32 Å². The third kappa shape index (κ3) is 2.51. The average Bonchev–Trinajstić information content (AvgIpc) is 2.39. The maximum Gasteiger partial charge on any atom is 0.141 e. The van der Waals surface area contributed by atoms with Gasteiger partial charge in [0.25, 0.3) is 0 Å². The minimum atomic E-state index is 0.676. The largest absolute Gasteiger partial charge is 0.340 e. The fourth-order valence-corrected chi connectivity index (χ4v) is 2.16. The number of nitrogens with one attached hydrogen (secondary N) is 1. The quantitative estimate of drug-likeness (QED) is 0.752. The van der Waals surface area contributed by atoms with E-state index in [2.05, 4.69) is 34.3 Å². The number of benzene rings is 2. The van der Waals surface area contributed by atoms with Crippen molar-refractivity contribution in [2.24, 2.45) is 0 Å². The first-order valence-corrected chi connectivity index (χ1v) is 6.34. The smallest absolute Gasteiger partial charge is 0.141 e. The highest BCUT2D eigenvalue weighted by molar-refractivity contribution is 6.31. The molecule has 0 radical (unpaired) electrons. The highest BCUT2D eigenvalue weighted by atomic mass is 35.5. The van der Waals surface area contributed by atoms with E-state index in [1.54, 1.807) is 6.33 Å². The molecule has 3 rings (SSSR count). The summed E-state index contributed by atoms with van der Waals surface area (Å²) < 4.78 is 0. The molecule has 0 aliphatic carbocycles. The summed E-state index contributed by atoms with van der Waals surface area (Å²) in [5.41, 5.74) is 3.07. The molecule has 0 aliphatic rings. The Kier molecular flexibility index (Phi) is 3.05. The van der Waals surface area contributed by atoms with Gasteiger partial charge in [0.15, 0.2) is 0 Å². The van der Waals surface area contributed by atoms with Gasteiger partial charge in [-0.05, 0) is 42.8 Å². The molecule has 1 aromatic heterocycles. The van der Waals surface area contributed by atoms with Crippen LogP contribution in [0.4, 0.5) is 11.5 Å². The van der Waals surface area contributed by atoms with Crippen molar-refractivity contribution in [3.63, 3.8) is 0 Å². The van der Waals surface area contributed by atoms with Crippen molar-refractivity contribution in [3.8, 4) is 0 Å². The van der Waals surface area contributed by atoms with Crippen molar-refractivity contribution in [2.45, 2.75) is 6.92 Å². The second-order valence-electron chi connectivity index (χ2n) is 4.38. The molecule has 0 aliphatic heterocycles. The first-order valence-electron chi connectivity index (χ1n) is 5.96. The monoisotopic (exact) mass is 269 g/mol. The van der Waals surface area contributed by atoms with E-state index < -0.39 is 0 Å². The fourth-order valence-electron chi connectivity index (χ4n) is 1.99. The molecular weight excluding hydrogens is 258 g/mol. The van der Waals surface area contributed by atoms with Crippen LogP contribution in [0.3, 0.4) is 0 Å². The molecule has 2 aromatic carbocycles. The molecule has 0 fully saturated rings. The van der Waals surface area contributed by atoms with Gasteiger partial charge in [0.1, 0.15) is 12.1 Å². The van der Waals surface area contributed by atoms with E-state index in [1.807, 2.05) is 30.3 Å². The van der Waals surface area contributed by atoms with Gasteiger partial charge in [-0.2, -0.15) is 0 Å². The second kappa shape index (κ2) is 4.86. The summed E-state index contributed by atoms with van der Waals surface area (Å²) in [7, 11) is 0. The van der Waals surface area contributed by atoms with Crippen LogP contribution < -0.4 is 5.32 Å². The minimum absolute atomic E-state index is 0.676. The zero-order valence-electron chi connectivity index (χ0n) is 10.4. The molecule has 0 saturated carbocycles. The fraction of sp³-hybridized carbons (Fsp3) is 0.0667. The molecule has 3 nitrogen and oxygen atoms in total. The van der Waals surface area contributed by atoms with Crippen molar-refractivity contribution >= 4 is 34.0 Å². The molecule has 0 spiro atoms. The molecule has 0 saturated heterocycles. The molecule has 1 N–H and O–H groups in total. The van der Waals surface area contributed by atoms with Crippen molar-refractivity contribution in [1.82, 2.24) is 9.97 Å². The SMILES string of the molecule is Cc1cccc(Nc2ncnc3ccc(Cl)cc23)c1. The lowest BCUT2D eigenvalue weighted by Crippen LogP contribution is -1.96. The van der Waals surface area contributed by atoms with E-state index in [4.69, 9.17) is 11.6 Å². The summed E-state index contributed by atoms with van der Waals surface area (Å²) in [5.74, 6) is 0.762. The summed E-state index contributed by atoms with van der Waals surface area (Å²) in [6.07, 6.45) is 1.55. The lowest BCUT2D eigenvalue weighted by molar-refractivity contribution is 1.22. The van der Waals surface area contributed by atoms with E-state index in [0.717, 1.165) is 22.4 Å². The van der Waals surface area contributed by atoms with Crippen LogP contribution in [-0.2, 0) is 0 Å². The Morgan fingerprint density at radius 1 is 1.05 bits per heavy atom. The van der Waals surface area contributed by atoms with Crippen molar-refractivity contribution in [3.05, 3.63) is 59.4 Å². The van der Waals surface area contributed by atoms with E-state index in [1.165, 1.54) is 5.56 Å². The first kappa shape index (κ1) is 11.9. The number of rotatable bonds is 2. The van der Waals surface area contributed by atoms with Gasteiger partial charge in [-0.15, -0.1) is 0 Å². The lowest BCUT2D eigenvalue weighted by Gasteiger charge is -2.09. The predicted octanol–water partition coefficient (Wildman–Crippen LogP) is 4.34. The van der Waals surface area contributed by atoms with Gasteiger partial charge >= 0.3 is 0 Å². The molecule has 0 amide bonds. The predicted molar refractivity (Wildman–Crippen MR) is 79.0 cm³/mol. The van der Waals surface area contributed by atoms with Crippen molar-refractivity contribution < 1.29 is 0 Å². The minimum Gasteiger partial charge on any atom is -0.340 e. The van der Waals surface area contributed by atoms with Gasteiger partial charge in [-0.3, -0.25) is 0 Å². The molecule has 94 valence electrons. The van der Waals surface area contributed by atoms with Gasteiger partial charge in [0.2, 0.25) is 0 Å². The standard InChI is InChI=1S/C15H12ClN3/c1-10-3-2-4-12(7-10)19-15-13-8-11(16)5-6-14(13)17-9-18-15/h2-9H,1H3,(H,17,18,19). The number of nitrogens with zero attached hydrogens (tertiary/aromatic N) is 2. The number of hydrogen-bond donors (Lipinski definition) is 1. The Morgan fingerprint density at radius 2 is 1.95 bits per heavy atom. The average molecular weight is 270 g/mol. The molecule has 0 unspecified atom stereocenters. The summed E-state index contributed by atoms with van der Waals surface area (Å²) in [6, 6.07) is 13.7. The van der Waals surface area contributed by atoms with Crippen LogP contribution in [-0.4, -0.2) is 9.97 Å². The van der Waals surface area contributed by atoms with Crippen LogP contribution >= 0.6 is 11.6 Å². The summed E-state index contributed by atoms with van der Waals surface area (Å²) in [6.45, 7) is 2.06. The zero-order valence-corrected chi connectivity index (χ0v) is 11.1. The van der Waals surface area contributed by atoms with E-state index >= 15 is 0 Å². The summed E-state index contributed by atoms with van der Waals surface area (Å²) in [5, 5.41) is 4.89. The maximum atomic E-state index is 6.04. The van der Waals surface area contributed by atoms with E-state index in [9.17, 15) is 0 Å². The van der Waals surface area contributed by atoms with Gasteiger partial charge in [0, 0.05) is 16.1 Å². The Bertz CT molecular complexity index is 740. The lowest BCUT2D eigenvalue weighted by atomic mass is 10.2. The first-order chi connectivity index (χ1) is 9.22. The number of anilines is 2. The van der Waals surface area contributed by atoms with Crippen LogP contribution in [0.1, 0.15) is 5.56 Å². The summed E-state index contributed by atoms with van der Waals surface area (Å²) in [4.78, 5) is 8.52. The molecule has 19 heavy (non-hydrogen) atoms. The number of halogens is 1. The Hall–Kier alpha value is -2.13. The highest BCUT2D eigenvalue weighted by Crippen LogP contribution is 2.25. The topological polar surface area (TPSA) is 37.8 Å². The third-order valence-electron chi connectivity index (χ3n) is 2.88. The number of aryl methyl sites for hydroxylation is 1. The number of fused-ring (bicyclic) bond motifs is 1.